The Bertz CT molecular complexity index is 561. The molecule has 0 aromatic rings. The predicted molar refractivity (Wildman–Crippen MR) is 62.0 cm³/mol. The van der Waals surface area contributed by atoms with Gasteiger partial charge < -0.3 is 40.1 Å². The zero-order valence-electron chi connectivity index (χ0n) is 11.2. The van der Waals surface area contributed by atoms with E-state index in [0.29, 0.717) is 0 Å². The minimum absolute atomic E-state index is 0.153. The number of hydrogen-bond acceptors (Lipinski definition) is 10. The third-order valence-electron chi connectivity index (χ3n) is 5.26. The molecule has 7 unspecified atom stereocenters. The van der Waals surface area contributed by atoms with Crippen molar-refractivity contribution in [2.24, 2.45) is 11.7 Å². The molecule has 3 saturated heterocycles. The molecule has 11 heteroatoms. The Hall–Kier alpha value is -1.05. The van der Waals surface area contributed by atoms with Gasteiger partial charge in [-0.2, -0.15) is 0 Å². The van der Waals surface area contributed by atoms with Gasteiger partial charge in [-0.15, -0.1) is 0 Å². The first kappa shape index (κ1) is 14.5. The molecular weight excluding hydrogens is 302 g/mol. The molecule has 0 radical (unpaired) electrons. The number of hydrogen-bond donors (Lipinski definition) is 8. The molecule has 5 rings (SSSR count). The summed E-state index contributed by atoms with van der Waals surface area (Å²) in [4.78, 5) is 2.45. The van der Waals surface area contributed by atoms with Crippen LogP contribution in [0.2, 0.25) is 0 Å². The molecular formula is C11H17N3O8. The van der Waals surface area contributed by atoms with Gasteiger partial charge in [0, 0.05) is 0 Å². The van der Waals surface area contributed by atoms with E-state index in [0.717, 1.165) is 0 Å². The maximum Gasteiger partial charge on any atom is 0.343 e. The summed E-state index contributed by atoms with van der Waals surface area (Å²) in [6.45, 7) is -0.871. The smallest absolute Gasteiger partial charge is 0.343 e. The highest BCUT2D eigenvalue weighted by molar-refractivity contribution is 5.74. The van der Waals surface area contributed by atoms with Gasteiger partial charge in [0.05, 0.1) is 12.5 Å². The van der Waals surface area contributed by atoms with Crippen LogP contribution in [0.4, 0.5) is 0 Å². The van der Waals surface area contributed by atoms with E-state index in [-0.39, 0.29) is 5.96 Å². The topological polar surface area (TPSA) is 195 Å². The van der Waals surface area contributed by atoms with Crippen LogP contribution in [0.5, 0.6) is 0 Å². The second kappa shape index (κ2) is 3.88. The summed E-state index contributed by atoms with van der Waals surface area (Å²) >= 11 is 0. The van der Waals surface area contributed by atoms with Crippen molar-refractivity contribution < 1.29 is 45.1 Å². The second-order valence-electron chi connectivity index (χ2n) is 6.26. The summed E-state index contributed by atoms with van der Waals surface area (Å²) in [7, 11) is 0. The van der Waals surface area contributed by atoms with Crippen molar-refractivity contribution in [3.8, 4) is 0 Å². The molecule has 124 valence electrons. The van der Waals surface area contributed by atoms with Gasteiger partial charge in [0.15, 0.2) is 11.8 Å². The van der Waals surface area contributed by atoms with Gasteiger partial charge in [0.1, 0.15) is 36.0 Å². The van der Waals surface area contributed by atoms with Crippen LogP contribution in [0, 0.1) is 5.92 Å². The Balaban J connectivity index is 1.95. The molecule has 1 spiro atoms. The van der Waals surface area contributed by atoms with Crippen molar-refractivity contribution in [3.63, 3.8) is 0 Å². The van der Waals surface area contributed by atoms with E-state index < -0.39 is 60.3 Å². The third kappa shape index (κ3) is 1.28. The van der Waals surface area contributed by atoms with Gasteiger partial charge >= 0.3 is 5.96 Å². The van der Waals surface area contributed by atoms with E-state index in [1.165, 1.54) is 0 Å². The maximum atomic E-state index is 12.5. The number of rotatable bonds is 1. The van der Waals surface area contributed by atoms with Crippen LogP contribution < -0.4 is 21.1 Å². The fourth-order valence-corrected chi connectivity index (χ4v) is 4.28. The van der Waals surface area contributed by atoms with Gasteiger partial charge in [-0.3, -0.25) is 16.0 Å². The van der Waals surface area contributed by atoms with Crippen LogP contribution in [0.1, 0.15) is 0 Å². The highest BCUT2D eigenvalue weighted by Gasteiger charge is 2.81. The second-order valence-corrected chi connectivity index (χ2v) is 6.26. The standard InChI is InChI=1S/C11H16N3O8/c12-8-13-6(17)2-4-9(19,1-15)5-3(16)10(2,14-8)7(18)11(20,21-4)22-5/h2-7,15-19H,1H2,(H3,12,13,14)/q-1/p+1/t2?,3?,4?,5-,6?,7+,9?,10?,11?/m1/s1. The van der Waals surface area contributed by atoms with Crippen molar-refractivity contribution in [3.05, 3.63) is 0 Å². The fraction of sp³-hybridized carbons (Fsp3) is 0.909. The largest absolute Gasteiger partial charge is 0.805 e. The number of nitrogens with two attached hydrogens (primary N) is 1. The van der Waals surface area contributed by atoms with Gasteiger partial charge in [-0.1, -0.05) is 0 Å². The Labute approximate surface area is 123 Å². The first-order valence-corrected chi connectivity index (χ1v) is 6.81. The van der Waals surface area contributed by atoms with Gasteiger partial charge in [-0.25, -0.2) is 0 Å². The van der Waals surface area contributed by atoms with Crippen LogP contribution in [-0.2, 0) is 9.47 Å². The van der Waals surface area contributed by atoms with Crippen LogP contribution in [0.15, 0.2) is 0 Å². The number of aliphatic hydroxyl groups excluding tert-OH is 4. The fourth-order valence-electron chi connectivity index (χ4n) is 4.28. The third-order valence-corrected chi connectivity index (χ3v) is 5.26. The average molecular weight is 319 g/mol. The van der Waals surface area contributed by atoms with E-state index in [4.69, 9.17) is 15.2 Å². The number of aliphatic hydroxyl groups is 5. The Morgan fingerprint density at radius 1 is 1.27 bits per heavy atom. The average Bonchev–Trinajstić information content (AvgIpc) is 2.45. The SMILES string of the molecule is NC1=[NH+]C(O)C2C3OC4([O-])O[C@H](C(O)C2(N1)[C@@H]4O)C3(O)CO. The van der Waals surface area contributed by atoms with Crippen LogP contribution in [0.25, 0.3) is 0 Å². The molecule has 0 aromatic carbocycles. The quantitative estimate of drug-likeness (QED) is 0.230. The van der Waals surface area contributed by atoms with Crippen LogP contribution >= 0.6 is 0 Å². The van der Waals surface area contributed by atoms with Crippen molar-refractivity contribution in [1.29, 1.82) is 0 Å². The van der Waals surface area contributed by atoms with Crippen molar-refractivity contribution in [2.45, 2.75) is 47.8 Å². The Morgan fingerprint density at radius 2 is 1.91 bits per heavy atom. The van der Waals surface area contributed by atoms with E-state index in [1.54, 1.807) is 0 Å². The van der Waals surface area contributed by atoms with Crippen LogP contribution in [0.3, 0.4) is 0 Å². The minimum atomic E-state index is -2.75. The monoisotopic (exact) mass is 319 g/mol. The van der Waals surface area contributed by atoms with Gasteiger partial charge in [-0.05, 0) is 0 Å². The van der Waals surface area contributed by atoms with Crippen molar-refractivity contribution in [1.82, 2.24) is 5.32 Å². The number of ether oxygens (including phenoxy) is 2. The molecule has 1 aliphatic carbocycles. The zero-order chi connectivity index (χ0) is 16.1. The lowest BCUT2D eigenvalue weighted by molar-refractivity contribution is -0.719. The lowest BCUT2D eigenvalue weighted by Crippen LogP contribution is -3.04. The predicted octanol–water partition coefficient (Wildman–Crippen LogP) is -8.07. The molecule has 22 heavy (non-hydrogen) atoms. The Kier molecular flexibility index (Phi) is 2.57. The van der Waals surface area contributed by atoms with Crippen molar-refractivity contribution in [2.75, 3.05) is 6.61 Å². The molecule has 4 fully saturated rings. The molecule has 1 saturated carbocycles. The molecule has 5 aliphatic rings. The van der Waals surface area contributed by atoms with Crippen molar-refractivity contribution >= 4 is 5.96 Å². The summed E-state index contributed by atoms with van der Waals surface area (Å²) in [6.07, 6.45) is -7.87. The molecule has 0 aromatic heterocycles. The van der Waals surface area contributed by atoms with E-state index in [9.17, 15) is 30.6 Å². The lowest BCUT2D eigenvalue weighted by atomic mass is 9.55. The number of nitrogens with one attached hydrogen (secondary N) is 2. The lowest BCUT2D eigenvalue weighted by Gasteiger charge is -2.73. The van der Waals surface area contributed by atoms with Gasteiger partial charge in [0.25, 0.3) is 0 Å². The molecule has 4 heterocycles. The first-order valence-electron chi connectivity index (χ1n) is 6.81. The maximum absolute atomic E-state index is 12.5. The minimum Gasteiger partial charge on any atom is -0.805 e. The summed E-state index contributed by atoms with van der Waals surface area (Å²) in [5.41, 5.74) is 1.72. The molecule has 11 nitrogen and oxygen atoms in total. The molecule has 9 N–H and O–H groups in total. The van der Waals surface area contributed by atoms with Gasteiger partial charge in [0.2, 0.25) is 0 Å². The highest BCUT2D eigenvalue weighted by atomic mass is 16.9. The molecule has 4 bridgehead atoms. The highest BCUT2D eigenvalue weighted by Crippen LogP contribution is 2.56. The number of guanidine groups is 1. The van der Waals surface area contributed by atoms with E-state index in [2.05, 4.69) is 10.3 Å². The summed E-state index contributed by atoms with van der Waals surface area (Å²) in [6, 6.07) is 0. The first-order chi connectivity index (χ1) is 10.2. The summed E-state index contributed by atoms with van der Waals surface area (Å²) in [5.74, 6) is -4.07. The van der Waals surface area contributed by atoms with E-state index >= 15 is 0 Å². The molecule has 9 atom stereocenters. The zero-order valence-corrected chi connectivity index (χ0v) is 11.2. The molecule has 0 amide bonds. The molecule has 4 aliphatic heterocycles. The van der Waals surface area contributed by atoms with E-state index in [1.807, 2.05) is 0 Å². The normalized spacial score (nSPS) is 62.4. The van der Waals surface area contributed by atoms with Crippen LogP contribution in [-0.4, -0.2) is 85.9 Å². The Morgan fingerprint density at radius 3 is 2.55 bits per heavy atom. The summed E-state index contributed by atoms with van der Waals surface area (Å²) < 4.78 is 10.1. The summed E-state index contributed by atoms with van der Waals surface area (Å²) in [5, 5.41) is 66.5.